The Morgan fingerprint density at radius 1 is 1.46 bits per heavy atom. The lowest BCUT2D eigenvalue weighted by Gasteiger charge is -1.99. The van der Waals surface area contributed by atoms with Crippen LogP contribution in [-0.2, 0) is 0 Å². The van der Waals surface area contributed by atoms with E-state index in [-0.39, 0.29) is 5.56 Å². The van der Waals surface area contributed by atoms with Gasteiger partial charge in [0.1, 0.15) is 11.2 Å². The number of rotatable bonds is 0. The number of H-pyrrole nitrogens is 1. The van der Waals surface area contributed by atoms with Crippen LogP contribution in [0.1, 0.15) is 5.69 Å². The molecule has 1 aromatic carbocycles. The number of hydrogen-bond acceptors (Lipinski definition) is 2. The fraction of sp³-hybridized carbons (Fsp3) is 0.111. The molecule has 1 N–H and O–H groups in total. The van der Waals surface area contributed by atoms with E-state index in [2.05, 4.69) is 25.9 Å². The third-order valence-corrected chi connectivity index (χ3v) is 2.48. The number of halogens is 1. The monoisotopic (exact) mass is 238 g/mol. The van der Waals surface area contributed by atoms with Crippen molar-refractivity contribution in [3.63, 3.8) is 0 Å². The summed E-state index contributed by atoms with van der Waals surface area (Å²) in [4.78, 5) is 18.1. The minimum atomic E-state index is -0.134. The lowest BCUT2D eigenvalue weighted by Crippen LogP contribution is -2.11. The molecule has 13 heavy (non-hydrogen) atoms. The minimum absolute atomic E-state index is 0.134. The van der Waals surface area contributed by atoms with Crippen molar-refractivity contribution in [2.24, 2.45) is 0 Å². The molecule has 0 radical (unpaired) electrons. The van der Waals surface area contributed by atoms with E-state index in [1.807, 2.05) is 18.2 Å². The zero-order chi connectivity index (χ0) is 9.42. The molecule has 0 atom stereocenters. The van der Waals surface area contributed by atoms with Gasteiger partial charge in [0.2, 0.25) is 0 Å². The number of aryl methyl sites for hydroxylation is 1. The van der Waals surface area contributed by atoms with Gasteiger partial charge in [-0.05, 0) is 35.0 Å². The van der Waals surface area contributed by atoms with Crippen LogP contribution in [0.5, 0.6) is 0 Å². The molecule has 66 valence electrons. The number of aromatic amines is 1. The fourth-order valence-corrected chi connectivity index (χ4v) is 1.62. The molecule has 0 bridgehead atoms. The first kappa shape index (κ1) is 8.44. The third-order valence-electron chi connectivity index (χ3n) is 1.84. The third kappa shape index (κ3) is 1.37. The van der Waals surface area contributed by atoms with Crippen molar-refractivity contribution < 1.29 is 0 Å². The predicted molar refractivity (Wildman–Crippen MR) is 54.8 cm³/mol. The summed E-state index contributed by atoms with van der Waals surface area (Å²) >= 11 is 3.37. The lowest BCUT2D eigenvalue weighted by molar-refractivity contribution is 1.12. The Kier molecular flexibility index (Phi) is 1.92. The molecule has 0 fully saturated rings. The van der Waals surface area contributed by atoms with Crippen LogP contribution in [0.25, 0.3) is 11.0 Å². The van der Waals surface area contributed by atoms with Gasteiger partial charge in [0, 0.05) is 4.47 Å². The fourth-order valence-electron chi connectivity index (χ4n) is 1.16. The van der Waals surface area contributed by atoms with Crippen molar-refractivity contribution >= 4 is 27.0 Å². The average molecular weight is 239 g/mol. The molecule has 1 heterocycles. The number of nitrogens with zero attached hydrogens (tertiary/aromatic N) is 1. The molecular formula is C9H7BrN2O. The molecular weight excluding hydrogens is 232 g/mol. The van der Waals surface area contributed by atoms with Crippen molar-refractivity contribution in [2.45, 2.75) is 6.92 Å². The zero-order valence-electron chi connectivity index (χ0n) is 6.97. The van der Waals surface area contributed by atoms with Crippen molar-refractivity contribution in [1.29, 1.82) is 0 Å². The molecule has 1 aromatic heterocycles. The Bertz CT molecular complexity index is 518. The Labute approximate surface area is 82.9 Å². The SMILES string of the molecule is Cc1nc2c(Br)cccc2[nH]c1=O. The van der Waals surface area contributed by atoms with Crippen LogP contribution in [0.3, 0.4) is 0 Å². The van der Waals surface area contributed by atoms with Crippen LogP contribution < -0.4 is 5.56 Å². The highest BCUT2D eigenvalue weighted by Crippen LogP contribution is 2.18. The van der Waals surface area contributed by atoms with Gasteiger partial charge in [0.05, 0.1) is 5.52 Å². The molecule has 0 aliphatic carbocycles. The number of hydrogen-bond donors (Lipinski definition) is 1. The summed E-state index contributed by atoms with van der Waals surface area (Å²) in [5.41, 5.74) is 1.90. The molecule has 0 aliphatic heterocycles. The normalized spacial score (nSPS) is 10.6. The van der Waals surface area contributed by atoms with Gasteiger partial charge in [0.25, 0.3) is 5.56 Å². The molecule has 2 aromatic rings. The van der Waals surface area contributed by atoms with E-state index in [0.717, 1.165) is 15.5 Å². The molecule has 0 unspecified atom stereocenters. The Morgan fingerprint density at radius 2 is 2.23 bits per heavy atom. The van der Waals surface area contributed by atoms with Crippen LogP contribution in [0.2, 0.25) is 0 Å². The van der Waals surface area contributed by atoms with Gasteiger partial charge in [-0.2, -0.15) is 0 Å². The summed E-state index contributed by atoms with van der Waals surface area (Å²) in [5.74, 6) is 0. The summed E-state index contributed by atoms with van der Waals surface area (Å²) < 4.78 is 0.893. The molecule has 3 nitrogen and oxygen atoms in total. The van der Waals surface area contributed by atoms with E-state index in [9.17, 15) is 4.79 Å². The van der Waals surface area contributed by atoms with Crippen molar-refractivity contribution in [3.05, 3.63) is 38.7 Å². The summed E-state index contributed by atoms with van der Waals surface area (Å²) in [6.07, 6.45) is 0. The van der Waals surface area contributed by atoms with E-state index in [1.165, 1.54) is 0 Å². The van der Waals surface area contributed by atoms with Gasteiger partial charge in [-0.1, -0.05) is 6.07 Å². The van der Waals surface area contributed by atoms with E-state index < -0.39 is 0 Å². The standard InChI is InChI=1S/C9H7BrN2O/c1-5-9(13)12-7-4-2-3-6(10)8(7)11-5/h2-4H,1H3,(H,12,13). The van der Waals surface area contributed by atoms with Crippen LogP contribution in [0, 0.1) is 6.92 Å². The van der Waals surface area contributed by atoms with E-state index in [1.54, 1.807) is 6.92 Å². The van der Waals surface area contributed by atoms with Crippen molar-refractivity contribution in [2.75, 3.05) is 0 Å². The number of aromatic nitrogens is 2. The lowest BCUT2D eigenvalue weighted by atomic mass is 10.3. The van der Waals surface area contributed by atoms with Gasteiger partial charge in [-0.15, -0.1) is 0 Å². The largest absolute Gasteiger partial charge is 0.319 e. The highest BCUT2D eigenvalue weighted by molar-refractivity contribution is 9.10. The first-order chi connectivity index (χ1) is 6.18. The molecule has 0 spiro atoms. The number of para-hydroxylation sites is 1. The van der Waals surface area contributed by atoms with Gasteiger partial charge in [-0.3, -0.25) is 4.79 Å². The van der Waals surface area contributed by atoms with E-state index >= 15 is 0 Å². The first-order valence-electron chi connectivity index (χ1n) is 3.83. The molecule has 4 heteroatoms. The molecule has 0 aliphatic rings. The first-order valence-corrected chi connectivity index (χ1v) is 4.63. The second-order valence-electron chi connectivity index (χ2n) is 2.79. The topological polar surface area (TPSA) is 45.8 Å². The summed E-state index contributed by atoms with van der Waals surface area (Å²) in [6, 6.07) is 5.58. The second-order valence-corrected chi connectivity index (χ2v) is 3.64. The Hall–Kier alpha value is -1.16. The molecule has 2 rings (SSSR count). The van der Waals surface area contributed by atoms with Crippen LogP contribution in [0.15, 0.2) is 27.5 Å². The van der Waals surface area contributed by atoms with Crippen molar-refractivity contribution in [3.8, 4) is 0 Å². The maximum absolute atomic E-state index is 11.2. The van der Waals surface area contributed by atoms with E-state index in [4.69, 9.17) is 0 Å². The average Bonchev–Trinajstić information content (AvgIpc) is 2.09. The van der Waals surface area contributed by atoms with Crippen LogP contribution in [0.4, 0.5) is 0 Å². The van der Waals surface area contributed by atoms with Gasteiger partial charge >= 0.3 is 0 Å². The highest BCUT2D eigenvalue weighted by atomic mass is 79.9. The second kappa shape index (κ2) is 2.96. The number of benzene rings is 1. The smallest absolute Gasteiger partial charge is 0.269 e. The predicted octanol–water partition coefficient (Wildman–Crippen LogP) is 1.99. The summed E-state index contributed by atoms with van der Waals surface area (Å²) in [5, 5.41) is 0. The quantitative estimate of drug-likeness (QED) is 0.764. The summed E-state index contributed by atoms with van der Waals surface area (Å²) in [7, 11) is 0. The summed E-state index contributed by atoms with van der Waals surface area (Å²) in [6.45, 7) is 1.69. The van der Waals surface area contributed by atoms with Crippen LogP contribution in [-0.4, -0.2) is 9.97 Å². The maximum atomic E-state index is 11.2. The molecule has 0 amide bonds. The molecule has 0 saturated carbocycles. The highest BCUT2D eigenvalue weighted by Gasteiger charge is 2.02. The van der Waals surface area contributed by atoms with Gasteiger partial charge < -0.3 is 4.98 Å². The Balaban J connectivity index is 2.97. The number of fused-ring (bicyclic) bond motifs is 1. The maximum Gasteiger partial charge on any atom is 0.269 e. The van der Waals surface area contributed by atoms with Gasteiger partial charge in [0.15, 0.2) is 0 Å². The van der Waals surface area contributed by atoms with Crippen molar-refractivity contribution in [1.82, 2.24) is 9.97 Å². The Morgan fingerprint density at radius 3 is 3.00 bits per heavy atom. The molecule has 0 saturated heterocycles. The minimum Gasteiger partial charge on any atom is -0.319 e. The van der Waals surface area contributed by atoms with Gasteiger partial charge in [-0.25, -0.2) is 4.98 Å². The van der Waals surface area contributed by atoms with Crippen LogP contribution >= 0.6 is 15.9 Å². The number of nitrogens with one attached hydrogen (secondary N) is 1. The zero-order valence-corrected chi connectivity index (χ0v) is 8.55. The van der Waals surface area contributed by atoms with E-state index in [0.29, 0.717) is 5.69 Å².